The van der Waals surface area contributed by atoms with Crippen LogP contribution in [0.5, 0.6) is 0 Å². The van der Waals surface area contributed by atoms with E-state index < -0.39 is 0 Å². The molecule has 1 aromatic rings. The zero-order valence-corrected chi connectivity index (χ0v) is 11.1. The molecule has 4 nitrogen and oxygen atoms in total. The van der Waals surface area contributed by atoms with E-state index in [4.69, 9.17) is 0 Å². The lowest BCUT2D eigenvalue weighted by Gasteiger charge is -2.33. The molecule has 2 fully saturated rings. The molecular formula is C14H21N3O. The quantitative estimate of drug-likeness (QED) is 0.865. The van der Waals surface area contributed by atoms with E-state index in [0.29, 0.717) is 18.4 Å². The van der Waals surface area contributed by atoms with Crippen molar-refractivity contribution in [3.63, 3.8) is 0 Å². The second kappa shape index (κ2) is 4.34. The predicted molar refractivity (Wildman–Crippen MR) is 71.0 cm³/mol. The zero-order chi connectivity index (χ0) is 12.7. The summed E-state index contributed by atoms with van der Waals surface area (Å²) in [7, 11) is 0. The van der Waals surface area contributed by atoms with E-state index >= 15 is 0 Å². The fourth-order valence-corrected chi connectivity index (χ4v) is 3.30. The molecule has 0 aliphatic carbocycles. The molecule has 0 bridgehead atoms. The third kappa shape index (κ3) is 1.80. The monoisotopic (exact) mass is 247 g/mol. The number of hydrogen-bond donors (Lipinski definition) is 1. The van der Waals surface area contributed by atoms with Crippen LogP contribution < -0.4 is 5.43 Å². The van der Waals surface area contributed by atoms with E-state index in [1.165, 1.54) is 17.8 Å². The molecule has 0 saturated carbocycles. The normalized spacial score (nSPS) is 27.4. The summed E-state index contributed by atoms with van der Waals surface area (Å²) in [5.74, 6) is 0.319. The van der Waals surface area contributed by atoms with Crippen molar-refractivity contribution in [2.75, 3.05) is 12.0 Å². The van der Waals surface area contributed by atoms with Crippen LogP contribution in [0, 0.1) is 13.8 Å². The molecule has 4 heteroatoms. The summed E-state index contributed by atoms with van der Waals surface area (Å²) in [5.41, 5.74) is 5.95. The van der Waals surface area contributed by atoms with Crippen LogP contribution >= 0.6 is 0 Å². The summed E-state index contributed by atoms with van der Waals surface area (Å²) in [6.45, 7) is 5.14. The molecule has 2 atom stereocenters. The summed E-state index contributed by atoms with van der Waals surface area (Å²) in [5, 5.41) is 0. The number of hydrogen-bond acceptors (Lipinski definition) is 2. The van der Waals surface area contributed by atoms with Crippen LogP contribution in [-0.4, -0.2) is 34.1 Å². The van der Waals surface area contributed by atoms with Gasteiger partial charge >= 0.3 is 0 Å². The minimum absolute atomic E-state index is 0.266. The lowest BCUT2D eigenvalue weighted by molar-refractivity contribution is -0.129. The SMILES string of the molecule is Cc1ccc(C)n1NC1CC(=O)N2CCCCC12. The van der Waals surface area contributed by atoms with E-state index in [9.17, 15) is 4.79 Å². The molecule has 1 N–H and O–H groups in total. The number of carbonyl (C=O) groups is 1. The van der Waals surface area contributed by atoms with Gasteiger partial charge in [0.05, 0.1) is 18.5 Å². The minimum Gasteiger partial charge on any atom is -0.338 e. The highest BCUT2D eigenvalue weighted by Crippen LogP contribution is 2.29. The van der Waals surface area contributed by atoms with E-state index in [0.717, 1.165) is 19.4 Å². The van der Waals surface area contributed by atoms with Crippen molar-refractivity contribution in [3.8, 4) is 0 Å². The highest BCUT2D eigenvalue weighted by Gasteiger charge is 2.41. The largest absolute Gasteiger partial charge is 0.338 e. The number of carbonyl (C=O) groups excluding carboxylic acids is 1. The van der Waals surface area contributed by atoms with Gasteiger partial charge in [-0.1, -0.05) is 0 Å². The van der Waals surface area contributed by atoms with Crippen molar-refractivity contribution < 1.29 is 4.79 Å². The molecule has 3 rings (SSSR count). The summed E-state index contributed by atoms with van der Waals surface area (Å²) >= 11 is 0. The first-order valence-corrected chi connectivity index (χ1v) is 6.88. The van der Waals surface area contributed by atoms with Gasteiger partial charge in [-0.3, -0.25) is 9.47 Å². The summed E-state index contributed by atoms with van der Waals surface area (Å²) in [6, 6.07) is 4.88. The first-order valence-electron chi connectivity index (χ1n) is 6.88. The fraction of sp³-hybridized carbons (Fsp3) is 0.643. The van der Waals surface area contributed by atoms with Gasteiger partial charge in [0.25, 0.3) is 0 Å². The maximum Gasteiger partial charge on any atom is 0.225 e. The number of nitrogens with zero attached hydrogens (tertiary/aromatic N) is 2. The van der Waals surface area contributed by atoms with Gasteiger partial charge in [-0.05, 0) is 45.2 Å². The topological polar surface area (TPSA) is 37.3 Å². The smallest absolute Gasteiger partial charge is 0.225 e. The summed E-state index contributed by atoms with van der Waals surface area (Å²) in [6.07, 6.45) is 4.19. The van der Waals surface area contributed by atoms with Crippen molar-refractivity contribution >= 4 is 5.91 Å². The minimum atomic E-state index is 0.266. The highest BCUT2D eigenvalue weighted by molar-refractivity contribution is 5.80. The Morgan fingerprint density at radius 2 is 1.94 bits per heavy atom. The number of aromatic nitrogens is 1. The molecule has 1 aromatic heterocycles. The van der Waals surface area contributed by atoms with Gasteiger partial charge in [0.1, 0.15) is 0 Å². The van der Waals surface area contributed by atoms with Gasteiger partial charge < -0.3 is 10.3 Å². The first-order chi connectivity index (χ1) is 8.66. The van der Waals surface area contributed by atoms with Crippen molar-refractivity contribution in [2.24, 2.45) is 0 Å². The van der Waals surface area contributed by atoms with Crippen LogP contribution in [0.2, 0.25) is 0 Å². The molecule has 2 aliphatic heterocycles. The second-order valence-electron chi connectivity index (χ2n) is 5.54. The molecule has 2 aliphatic rings. The van der Waals surface area contributed by atoms with Crippen LogP contribution in [0.25, 0.3) is 0 Å². The molecule has 2 unspecified atom stereocenters. The molecule has 2 saturated heterocycles. The Bertz CT molecular complexity index is 446. The Hall–Kier alpha value is -1.45. The van der Waals surface area contributed by atoms with Crippen molar-refractivity contribution in [3.05, 3.63) is 23.5 Å². The van der Waals surface area contributed by atoms with Crippen molar-refractivity contribution in [1.82, 2.24) is 9.58 Å². The molecule has 1 amide bonds. The number of amides is 1. The van der Waals surface area contributed by atoms with Crippen LogP contribution in [0.4, 0.5) is 0 Å². The van der Waals surface area contributed by atoms with E-state index in [1.807, 2.05) is 0 Å². The van der Waals surface area contributed by atoms with Gasteiger partial charge in [-0.15, -0.1) is 0 Å². The lowest BCUT2D eigenvalue weighted by atomic mass is 9.99. The van der Waals surface area contributed by atoms with Crippen LogP contribution in [0.1, 0.15) is 37.1 Å². The summed E-state index contributed by atoms with van der Waals surface area (Å²) < 4.78 is 2.12. The van der Waals surface area contributed by atoms with Gasteiger partial charge in [0.15, 0.2) is 0 Å². The number of fused-ring (bicyclic) bond motifs is 1. The van der Waals surface area contributed by atoms with E-state index in [2.05, 4.69) is 41.0 Å². The average molecular weight is 247 g/mol. The first kappa shape index (κ1) is 11.6. The third-order valence-electron chi connectivity index (χ3n) is 4.29. The lowest BCUT2D eigenvalue weighted by Crippen LogP contribution is -2.44. The second-order valence-corrected chi connectivity index (χ2v) is 5.54. The fourth-order valence-electron chi connectivity index (χ4n) is 3.30. The Labute approximate surface area is 108 Å². The van der Waals surface area contributed by atoms with Gasteiger partial charge in [0, 0.05) is 17.9 Å². The molecule has 3 heterocycles. The van der Waals surface area contributed by atoms with E-state index in [-0.39, 0.29) is 6.04 Å². The Morgan fingerprint density at radius 1 is 1.22 bits per heavy atom. The Kier molecular flexibility index (Phi) is 2.80. The molecule has 0 radical (unpaired) electrons. The van der Waals surface area contributed by atoms with E-state index in [1.54, 1.807) is 0 Å². The molecular weight excluding hydrogens is 226 g/mol. The molecule has 18 heavy (non-hydrogen) atoms. The number of nitrogens with one attached hydrogen (secondary N) is 1. The van der Waals surface area contributed by atoms with Crippen molar-refractivity contribution in [1.29, 1.82) is 0 Å². The maximum absolute atomic E-state index is 12.0. The Morgan fingerprint density at radius 3 is 2.67 bits per heavy atom. The average Bonchev–Trinajstić information content (AvgIpc) is 2.86. The predicted octanol–water partition coefficient (Wildman–Crippen LogP) is 1.80. The molecule has 98 valence electrons. The van der Waals surface area contributed by atoms with Gasteiger partial charge in [0.2, 0.25) is 5.91 Å². The van der Waals surface area contributed by atoms with Crippen molar-refractivity contribution in [2.45, 2.75) is 51.6 Å². The van der Waals surface area contributed by atoms with Gasteiger partial charge in [-0.25, -0.2) is 0 Å². The third-order valence-corrected chi connectivity index (χ3v) is 4.29. The zero-order valence-electron chi connectivity index (χ0n) is 11.1. The van der Waals surface area contributed by atoms with Crippen LogP contribution in [-0.2, 0) is 4.79 Å². The number of piperidine rings is 1. The summed E-state index contributed by atoms with van der Waals surface area (Å²) in [4.78, 5) is 14.1. The highest BCUT2D eigenvalue weighted by atomic mass is 16.2. The molecule has 0 spiro atoms. The number of aryl methyl sites for hydroxylation is 2. The van der Waals surface area contributed by atoms with Gasteiger partial charge in [-0.2, -0.15) is 0 Å². The standard InChI is InChI=1S/C14H21N3O/c1-10-6-7-11(2)17(10)15-12-9-14(18)16-8-4-3-5-13(12)16/h6-7,12-13,15H,3-5,8-9H2,1-2H3. The molecule has 0 aromatic carbocycles. The number of rotatable bonds is 2. The van der Waals surface area contributed by atoms with Crippen LogP contribution in [0.3, 0.4) is 0 Å². The van der Waals surface area contributed by atoms with Crippen LogP contribution in [0.15, 0.2) is 12.1 Å². The maximum atomic E-state index is 12.0. The Balaban J connectivity index is 1.79.